The molecule has 0 unspecified atom stereocenters. The quantitative estimate of drug-likeness (QED) is 0.816. The number of nitriles is 1. The number of nitrogens with two attached hydrogens (primary N) is 1. The molecule has 2 aromatic rings. The van der Waals surface area contributed by atoms with E-state index in [9.17, 15) is 5.26 Å². The Balaban J connectivity index is 2.18. The lowest BCUT2D eigenvalue weighted by molar-refractivity contribution is 0.294. The number of benzene rings is 1. The van der Waals surface area contributed by atoms with Crippen molar-refractivity contribution in [3.8, 4) is 23.4 Å². The first-order chi connectivity index (χ1) is 13.3. The van der Waals surface area contributed by atoms with Gasteiger partial charge in [0.1, 0.15) is 11.6 Å². The van der Waals surface area contributed by atoms with Crippen LogP contribution in [-0.2, 0) is 5.41 Å². The summed E-state index contributed by atoms with van der Waals surface area (Å²) in [5.74, 6) is 1.33. The highest BCUT2D eigenvalue weighted by Gasteiger charge is 2.38. The third-order valence-corrected chi connectivity index (χ3v) is 4.67. The third kappa shape index (κ3) is 3.38. The van der Waals surface area contributed by atoms with Gasteiger partial charge in [-0.25, -0.2) is 0 Å². The first-order valence-corrected chi connectivity index (χ1v) is 9.28. The molecule has 0 saturated heterocycles. The molecule has 0 radical (unpaired) electrons. The Hall–Kier alpha value is -3.14. The molecule has 0 amide bonds. The summed E-state index contributed by atoms with van der Waals surface area (Å²) in [5.41, 5.74) is 8.75. The molecule has 1 aromatic carbocycles. The predicted octanol–water partition coefficient (Wildman–Crippen LogP) is 3.72. The Morgan fingerprint density at radius 1 is 1.32 bits per heavy atom. The third-order valence-electron chi connectivity index (χ3n) is 4.67. The van der Waals surface area contributed by atoms with E-state index in [2.05, 4.69) is 37.0 Å². The number of hydrogen-bond acceptors (Lipinski definition) is 6. The molecule has 1 atom stereocenters. The molecule has 7 heteroatoms. The van der Waals surface area contributed by atoms with Crippen molar-refractivity contribution in [2.45, 2.75) is 45.4 Å². The van der Waals surface area contributed by atoms with Crippen LogP contribution in [0.2, 0.25) is 0 Å². The summed E-state index contributed by atoms with van der Waals surface area (Å²) in [5, 5.41) is 17.2. The van der Waals surface area contributed by atoms with E-state index in [1.807, 2.05) is 25.1 Å². The molecule has 1 aliphatic heterocycles. The summed E-state index contributed by atoms with van der Waals surface area (Å²) in [7, 11) is 1.60. The molecule has 0 bridgehead atoms. The van der Waals surface area contributed by atoms with Gasteiger partial charge in [-0.1, -0.05) is 33.8 Å². The normalized spacial score (nSPS) is 16.2. The van der Waals surface area contributed by atoms with E-state index in [0.29, 0.717) is 29.6 Å². The number of nitrogens with zero attached hydrogens (tertiary/aromatic N) is 2. The molecule has 1 aliphatic rings. The number of allylic oxidation sites excluding steroid dienone is 1. The van der Waals surface area contributed by atoms with Crippen LogP contribution in [0.3, 0.4) is 0 Å². The van der Waals surface area contributed by atoms with Gasteiger partial charge in [-0.2, -0.15) is 5.26 Å². The lowest BCUT2D eigenvalue weighted by Gasteiger charge is -2.27. The highest BCUT2D eigenvalue weighted by Crippen LogP contribution is 2.46. The monoisotopic (exact) mass is 382 g/mol. The lowest BCUT2D eigenvalue weighted by Crippen LogP contribution is -2.24. The van der Waals surface area contributed by atoms with Gasteiger partial charge in [-0.3, -0.25) is 5.10 Å². The second-order valence-corrected chi connectivity index (χ2v) is 7.75. The van der Waals surface area contributed by atoms with Crippen LogP contribution in [0.4, 0.5) is 0 Å². The fourth-order valence-corrected chi connectivity index (χ4v) is 3.35. The number of rotatable bonds is 5. The summed E-state index contributed by atoms with van der Waals surface area (Å²) in [6, 6.07) is 7.89. The summed E-state index contributed by atoms with van der Waals surface area (Å²) >= 11 is 0. The van der Waals surface area contributed by atoms with Gasteiger partial charge >= 0.3 is 0 Å². The van der Waals surface area contributed by atoms with E-state index in [1.165, 1.54) is 0 Å². The second-order valence-electron chi connectivity index (χ2n) is 7.75. The summed E-state index contributed by atoms with van der Waals surface area (Å²) in [6.45, 7) is 8.88. The first kappa shape index (κ1) is 19.6. The number of aromatic nitrogens is 2. The average Bonchev–Trinajstić information content (AvgIpc) is 3.08. The standard InChI is InChI=1S/C21H26N4O3/c1-6-9-27-14-8-7-12(10-15(14)26-5)16-13(11-22)19(23)28-20-17(16)18(24-25-20)21(2,3)4/h7-8,10,16H,6,9,23H2,1-5H3,(H,24,25)/t16-/m0/s1. The molecule has 7 nitrogen and oxygen atoms in total. The molecule has 148 valence electrons. The molecule has 28 heavy (non-hydrogen) atoms. The smallest absolute Gasteiger partial charge is 0.244 e. The van der Waals surface area contributed by atoms with Crippen LogP contribution in [0.1, 0.15) is 56.9 Å². The van der Waals surface area contributed by atoms with E-state index < -0.39 is 5.92 Å². The maximum absolute atomic E-state index is 9.79. The van der Waals surface area contributed by atoms with Crippen molar-refractivity contribution < 1.29 is 14.2 Å². The van der Waals surface area contributed by atoms with Gasteiger partial charge < -0.3 is 19.9 Å². The highest BCUT2D eigenvalue weighted by atomic mass is 16.5. The zero-order chi connectivity index (χ0) is 20.5. The van der Waals surface area contributed by atoms with Crippen molar-refractivity contribution in [1.82, 2.24) is 10.2 Å². The molecule has 2 heterocycles. The van der Waals surface area contributed by atoms with Crippen LogP contribution in [0.5, 0.6) is 17.4 Å². The fraction of sp³-hybridized carbons (Fsp3) is 0.429. The van der Waals surface area contributed by atoms with Crippen LogP contribution in [0.15, 0.2) is 29.7 Å². The van der Waals surface area contributed by atoms with E-state index in [-0.39, 0.29) is 11.3 Å². The molecule has 0 aliphatic carbocycles. The minimum Gasteiger partial charge on any atom is -0.493 e. The Morgan fingerprint density at radius 2 is 2.07 bits per heavy atom. The number of H-pyrrole nitrogens is 1. The van der Waals surface area contributed by atoms with Gasteiger partial charge in [0.15, 0.2) is 11.5 Å². The maximum atomic E-state index is 9.79. The van der Waals surface area contributed by atoms with Crippen molar-refractivity contribution in [1.29, 1.82) is 5.26 Å². The second kappa shape index (κ2) is 7.47. The van der Waals surface area contributed by atoms with Crippen molar-refractivity contribution in [3.63, 3.8) is 0 Å². The average molecular weight is 382 g/mol. The minimum absolute atomic E-state index is 0.0669. The molecular formula is C21H26N4O3. The van der Waals surface area contributed by atoms with Gasteiger partial charge in [0.2, 0.25) is 11.8 Å². The van der Waals surface area contributed by atoms with Gasteiger partial charge in [0.25, 0.3) is 0 Å². The number of fused-ring (bicyclic) bond motifs is 1. The van der Waals surface area contributed by atoms with Crippen LogP contribution < -0.4 is 19.9 Å². The zero-order valence-corrected chi connectivity index (χ0v) is 16.9. The summed E-state index contributed by atoms with van der Waals surface area (Å²) < 4.78 is 16.9. The van der Waals surface area contributed by atoms with E-state index in [4.69, 9.17) is 19.9 Å². The molecular weight excluding hydrogens is 356 g/mol. The van der Waals surface area contributed by atoms with Crippen molar-refractivity contribution >= 4 is 0 Å². The van der Waals surface area contributed by atoms with E-state index in [1.54, 1.807) is 7.11 Å². The van der Waals surface area contributed by atoms with Gasteiger partial charge in [0.05, 0.1) is 25.2 Å². The molecule has 0 saturated carbocycles. The summed E-state index contributed by atoms with van der Waals surface area (Å²) in [4.78, 5) is 0. The minimum atomic E-state index is -0.407. The molecule has 3 rings (SSSR count). The van der Waals surface area contributed by atoms with Gasteiger partial charge in [-0.05, 0) is 24.1 Å². The number of methoxy groups -OCH3 is 1. The maximum Gasteiger partial charge on any atom is 0.244 e. The van der Waals surface area contributed by atoms with Crippen LogP contribution in [-0.4, -0.2) is 23.9 Å². The molecule has 1 aromatic heterocycles. The number of nitrogens with one attached hydrogen (secondary N) is 1. The Kier molecular flexibility index (Phi) is 5.23. The SMILES string of the molecule is CCCOc1ccc([C@H]2C(C#N)=C(N)Oc3n[nH]c(C(C)(C)C)c32)cc1OC. The molecule has 0 spiro atoms. The number of ether oxygens (including phenoxy) is 3. The fourth-order valence-electron chi connectivity index (χ4n) is 3.35. The van der Waals surface area contributed by atoms with Crippen molar-refractivity contribution in [2.75, 3.05) is 13.7 Å². The van der Waals surface area contributed by atoms with Crippen LogP contribution in [0.25, 0.3) is 0 Å². The van der Waals surface area contributed by atoms with Gasteiger partial charge in [-0.15, -0.1) is 5.10 Å². The Bertz CT molecular complexity index is 948. The predicted molar refractivity (Wildman–Crippen MR) is 105 cm³/mol. The Labute approximate surface area is 165 Å². The molecule has 0 fully saturated rings. The van der Waals surface area contributed by atoms with Crippen molar-refractivity contribution in [2.24, 2.45) is 5.73 Å². The van der Waals surface area contributed by atoms with E-state index >= 15 is 0 Å². The largest absolute Gasteiger partial charge is 0.493 e. The Morgan fingerprint density at radius 3 is 2.68 bits per heavy atom. The number of hydrogen-bond donors (Lipinski definition) is 2. The lowest BCUT2D eigenvalue weighted by atomic mass is 9.79. The first-order valence-electron chi connectivity index (χ1n) is 9.28. The van der Waals surface area contributed by atoms with Gasteiger partial charge in [0, 0.05) is 11.1 Å². The van der Waals surface area contributed by atoms with Crippen LogP contribution in [0, 0.1) is 11.3 Å². The molecule has 3 N–H and O–H groups in total. The zero-order valence-electron chi connectivity index (χ0n) is 16.9. The summed E-state index contributed by atoms with van der Waals surface area (Å²) in [6.07, 6.45) is 0.899. The highest BCUT2D eigenvalue weighted by molar-refractivity contribution is 5.58. The topological polar surface area (TPSA) is 106 Å². The van der Waals surface area contributed by atoms with Crippen molar-refractivity contribution in [3.05, 3.63) is 46.5 Å². The van der Waals surface area contributed by atoms with E-state index in [0.717, 1.165) is 23.2 Å². The van der Waals surface area contributed by atoms with Crippen LogP contribution >= 0.6 is 0 Å². The number of aromatic amines is 1.